The molecular formula is C17H17ClF3N3O4S. The molecule has 7 nitrogen and oxygen atoms in total. The molecular weight excluding hydrogens is 435 g/mol. The molecule has 0 aliphatic carbocycles. The molecule has 12 heteroatoms. The lowest BCUT2D eigenvalue weighted by Crippen LogP contribution is -2.41. The molecule has 1 N–H and O–H groups in total. The Hall–Kier alpha value is -2.11. The van der Waals surface area contributed by atoms with Crippen LogP contribution in [0.2, 0.25) is 5.02 Å². The van der Waals surface area contributed by atoms with E-state index >= 15 is 0 Å². The van der Waals surface area contributed by atoms with Gasteiger partial charge in [0.15, 0.2) is 5.82 Å². The number of halogens is 4. The summed E-state index contributed by atoms with van der Waals surface area (Å²) in [5, 5.41) is 5.69. The zero-order chi connectivity index (χ0) is 21.4. The van der Waals surface area contributed by atoms with Crippen molar-refractivity contribution in [3.63, 3.8) is 0 Å². The number of hydrogen-bond acceptors (Lipinski definition) is 5. The van der Waals surface area contributed by atoms with E-state index < -0.39 is 37.6 Å². The first-order valence-corrected chi connectivity index (χ1v) is 10.4. The summed E-state index contributed by atoms with van der Waals surface area (Å²) in [5.74, 6) is 0.0291. The van der Waals surface area contributed by atoms with Crippen molar-refractivity contribution in [3.05, 3.63) is 40.6 Å². The SMILES string of the molecule is Cc1cc(NC(=O)C2CCN(S(=O)(=O)c3ccc(Cl)c(C(F)(F)F)c3)CC2)no1. The molecule has 0 bridgehead atoms. The maximum absolute atomic E-state index is 13.0. The maximum Gasteiger partial charge on any atom is 0.417 e. The molecule has 1 aromatic heterocycles. The summed E-state index contributed by atoms with van der Waals surface area (Å²) in [6.45, 7) is 1.68. The van der Waals surface area contributed by atoms with Crippen molar-refractivity contribution < 1.29 is 30.9 Å². The van der Waals surface area contributed by atoms with Crippen LogP contribution < -0.4 is 5.32 Å². The number of aryl methyl sites for hydroxylation is 1. The predicted molar refractivity (Wildman–Crippen MR) is 97.8 cm³/mol. The fourth-order valence-electron chi connectivity index (χ4n) is 3.04. The van der Waals surface area contributed by atoms with Crippen molar-refractivity contribution in [2.45, 2.75) is 30.8 Å². The zero-order valence-electron chi connectivity index (χ0n) is 15.2. The smallest absolute Gasteiger partial charge is 0.360 e. The number of nitrogens with zero attached hydrogens (tertiary/aromatic N) is 2. The molecule has 1 aliphatic heterocycles. The van der Waals surface area contributed by atoms with Crippen LogP contribution in [0.25, 0.3) is 0 Å². The monoisotopic (exact) mass is 451 g/mol. The summed E-state index contributed by atoms with van der Waals surface area (Å²) in [6.07, 6.45) is -4.32. The van der Waals surface area contributed by atoms with Crippen molar-refractivity contribution in [3.8, 4) is 0 Å². The van der Waals surface area contributed by atoms with E-state index in [0.717, 1.165) is 16.4 Å². The Morgan fingerprint density at radius 2 is 1.93 bits per heavy atom. The van der Waals surface area contributed by atoms with Crippen molar-refractivity contribution >= 4 is 33.3 Å². The van der Waals surface area contributed by atoms with Crippen LogP contribution >= 0.6 is 11.6 Å². The van der Waals surface area contributed by atoms with Crippen LogP contribution in [0.4, 0.5) is 19.0 Å². The van der Waals surface area contributed by atoms with Crippen LogP contribution in [0.3, 0.4) is 0 Å². The molecule has 158 valence electrons. The highest BCUT2D eigenvalue weighted by atomic mass is 35.5. The summed E-state index contributed by atoms with van der Waals surface area (Å²) < 4.78 is 70.5. The molecule has 1 amide bonds. The van der Waals surface area contributed by atoms with Crippen LogP contribution in [-0.2, 0) is 21.0 Å². The second-order valence-electron chi connectivity index (χ2n) is 6.63. The number of aromatic nitrogens is 1. The zero-order valence-corrected chi connectivity index (χ0v) is 16.7. The van der Waals surface area contributed by atoms with Gasteiger partial charge in [-0.25, -0.2) is 8.42 Å². The first-order chi connectivity index (χ1) is 13.5. The molecule has 0 spiro atoms. The van der Waals surface area contributed by atoms with Gasteiger partial charge >= 0.3 is 6.18 Å². The quantitative estimate of drug-likeness (QED) is 0.765. The molecule has 1 aliphatic rings. The topological polar surface area (TPSA) is 92.5 Å². The number of hydrogen-bond donors (Lipinski definition) is 1. The van der Waals surface area contributed by atoms with E-state index in [2.05, 4.69) is 10.5 Å². The maximum atomic E-state index is 13.0. The highest BCUT2D eigenvalue weighted by molar-refractivity contribution is 7.89. The van der Waals surface area contributed by atoms with Gasteiger partial charge in [0.2, 0.25) is 15.9 Å². The Balaban J connectivity index is 1.69. The summed E-state index contributed by atoms with van der Waals surface area (Å²) in [4.78, 5) is 11.8. The van der Waals surface area contributed by atoms with E-state index in [9.17, 15) is 26.4 Å². The fraction of sp³-hybridized carbons (Fsp3) is 0.412. The Bertz CT molecular complexity index is 1020. The minimum absolute atomic E-state index is 0.00222. The van der Waals surface area contributed by atoms with E-state index in [0.29, 0.717) is 11.8 Å². The van der Waals surface area contributed by atoms with Gasteiger partial charge in [0.1, 0.15) is 5.76 Å². The average molecular weight is 452 g/mol. The van der Waals surface area contributed by atoms with Crippen LogP contribution in [0.15, 0.2) is 33.7 Å². The second kappa shape index (κ2) is 7.96. The highest BCUT2D eigenvalue weighted by Gasteiger charge is 2.37. The van der Waals surface area contributed by atoms with Gasteiger partial charge in [-0.2, -0.15) is 17.5 Å². The van der Waals surface area contributed by atoms with E-state index in [1.54, 1.807) is 13.0 Å². The molecule has 1 saturated heterocycles. The summed E-state index contributed by atoms with van der Waals surface area (Å²) in [6, 6.07) is 4.04. The number of carbonyl (C=O) groups excluding carboxylic acids is 1. The normalized spacial score (nSPS) is 16.7. The predicted octanol–water partition coefficient (Wildman–Crippen LogP) is 3.69. The van der Waals surface area contributed by atoms with Crippen molar-refractivity contribution in [1.82, 2.24) is 9.46 Å². The molecule has 1 fully saturated rings. The number of carbonyl (C=O) groups is 1. The summed E-state index contributed by atoms with van der Waals surface area (Å²) in [7, 11) is -4.15. The van der Waals surface area contributed by atoms with E-state index in [-0.39, 0.29) is 37.7 Å². The van der Waals surface area contributed by atoms with Gasteiger partial charge in [0.05, 0.1) is 15.5 Å². The van der Waals surface area contributed by atoms with Crippen molar-refractivity contribution in [2.24, 2.45) is 5.92 Å². The molecule has 2 heterocycles. The Labute approximate surface area is 169 Å². The number of anilines is 1. The molecule has 0 saturated carbocycles. The number of benzene rings is 1. The number of sulfonamides is 1. The lowest BCUT2D eigenvalue weighted by Gasteiger charge is -2.30. The van der Waals surface area contributed by atoms with Crippen molar-refractivity contribution in [2.75, 3.05) is 18.4 Å². The Kier molecular flexibility index (Phi) is 5.93. The number of alkyl halides is 3. The van der Waals surface area contributed by atoms with E-state index in [1.165, 1.54) is 0 Å². The minimum Gasteiger partial charge on any atom is -0.360 e. The standard InChI is InChI=1S/C17H17ClF3N3O4S/c1-10-8-15(23-28-10)22-16(25)11-4-6-24(7-5-11)29(26,27)12-2-3-14(18)13(9-12)17(19,20)21/h2-3,8-9,11H,4-7H2,1H3,(H,22,23,25). The first kappa shape index (κ1) is 21.6. The van der Waals surface area contributed by atoms with Crippen molar-refractivity contribution in [1.29, 1.82) is 0 Å². The first-order valence-electron chi connectivity index (χ1n) is 8.59. The third-order valence-corrected chi connectivity index (χ3v) is 6.81. The van der Waals surface area contributed by atoms with Gasteiger partial charge in [-0.15, -0.1) is 0 Å². The number of amides is 1. The Morgan fingerprint density at radius 1 is 1.28 bits per heavy atom. The molecule has 29 heavy (non-hydrogen) atoms. The van der Waals surface area contributed by atoms with Gasteiger partial charge in [0.25, 0.3) is 0 Å². The highest BCUT2D eigenvalue weighted by Crippen LogP contribution is 2.36. The van der Waals surface area contributed by atoms with E-state index in [1.807, 2.05) is 0 Å². The lowest BCUT2D eigenvalue weighted by atomic mass is 9.97. The van der Waals surface area contributed by atoms with Crippen LogP contribution in [0.1, 0.15) is 24.2 Å². The molecule has 3 rings (SSSR count). The molecule has 1 aromatic carbocycles. The van der Waals surface area contributed by atoms with Crippen LogP contribution in [-0.4, -0.2) is 36.9 Å². The molecule has 0 radical (unpaired) electrons. The van der Waals surface area contributed by atoms with Gasteiger partial charge < -0.3 is 9.84 Å². The number of piperidine rings is 1. The van der Waals surface area contributed by atoms with Crippen LogP contribution in [0.5, 0.6) is 0 Å². The number of nitrogens with one attached hydrogen (secondary N) is 1. The Morgan fingerprint density at radius 3 is 2.48 bits per heavy atom. The largest absolute Gasteiger partial charge is 0.417 e. The number of rotatable bonds is 4. The molecule has 2 aromatic rings. The van der Waals surface area contributed by atoms with E-state index in [4.69, 9.17) is 16.1 Å². The third-order valence-electron chi connectivity index (χ3n) is 4.58. The average Bonchev–Trinajstić information content (AvgIpc) is 3.05. The van der Waals surface area contributed by atoms with Gasteiger partial charge in [-0.05, 0) is 38.0 Å². The summed E-state index contributed by atoms with van der Waals surface area (Å²) in [5.41, 5.74) is -1.21. The minimum atomic E-state index is -4.77. The van der Waals surface area contributed by atoms with Crippen LogP contribution in [0, 0.1) is 12.8 Å². The third kappa shape index (κ3) is 4.73. The lowest BCUT2D eigenvalue weighted by molar-refractivity contribution is -0.137. The van der Waals surface area contributed by atoms with Gasteiger partial charge in [-0.3, -0.25) is 4.79 Å². The second-order valence-corrected chi connectivity index (χ2v) is 8.97. The summed E-state index contributed by atoms with van der Waals surface area (Å²) >= 11 is 5.55. The molecule has 0 atom stereocenters. The molecule has 0 unspecified atom stereocenters. The fourth-order valence-corrected chi connectivity index (χ4v) is 4.76. The van der Waals surface area contributed by atoms with Gasteiger partial charge in [-0.1, -0.05) is 16.8 Å². The van der Waals surface area contributed by atoms with Gasteiger partial charge in [0, 0.05) is 25.1 Å².